The van der Waals surface area contributed by atoms with Crippen LogP contribution in [-0.4, -0.2) is 69.2 Å². The number of hydrogen-bond donors (Lipinski definition) is 2. The van der Waals surface area contributed by atoms with Gasteiger partial charge >= 0.3 is 0 Å². The number of rotatable bonds is 9. The lowest BCUT2D eigenvalue weighted by atomic mass is 9.89. The number of hydrogen-bond acceptors (Lipinski definition) is 5. The maximum absolute atomic E-state index is 13.5. The molecule has 2 fully saturated rings. The summed E-state index contributed by atoms with van der Waals surface area (Å²) in [4.78, 5) is 30.8. The average molecular weight is 545 g/mol. The van der Waals surface area contributed by atoms with Crippen LogP contribution in [0.4, 0.5) is 15.8 Å². The highest BCUT2D eigenvalue weighted by Crippen LogP contribution is 2.30. The summed E-state index contributed by atoms with van der Waals surface area (Å²) in [7, 11) is 0. The fourth-order valence-corrected chi connectivity index (χ4v) is 5.45. The van der Waals surface area contributed by atoms with Crippen molar-refractivity contribution in [3.05, 3.63) is 95.3 Å². The molecule has 2 heterocycles. The van der Waals surface area contributed by atoms with E-state index in [1.165, 1.54) is 29.8 Å². The molecule has 2 N–H and O–H groups in total. The fourth-order valence-electron chi connectivity index (χ4n) is 5.45. The minimum atomic E-state index is -0.399. The number of piperidine rings is 1. The highest BCUT2D eigenvalue weighted by Gasteiger charge is 2.24. The Labute approximate surface area is 235 Å². The van der Waals surface area contributed by atoms with Crippen molar-refractivity contribution in [2.75, 3.05) is 62.7 Å². The van der Waals surface area contributed by atoms with Gasteiger partial charge in [-0.05, 0) is 73.2 Å². The van der Waals surface area contributed by atoms with Gasteiger partial charge in [0.15, 0.2) is 0 Å². The fraction of sp³-hybridized carbons (Fsp3) is 0.375. The predicted molar refractivity (Wildman–Crippen MR) is 155 cm³/mol. The molecule has 2 aliphatic rings. The molecule has 7 nitrogen and oxygen atoms in total. The number of anilines is 2. The van der Waals surface area contributed by atoms with Crippen LogP contribution in [0.1, 0.15) is 39.1 Å². The number of amides is 2. The van der Waals surface area contributed by atoms with E-state index in [0.29, 0.717) is 42.5 Å². The van der Waals surface area contributed by atoms with E-state index in [0.717, 1.165) is 57.7 Å². The number of morpholine rings is 1. The van der Waals surface area contributed by atoms with Crippen LogP contribution in [0.3, 0.4) is 0 Å². The van der Waals surface area contributed by atoms with Crippen molar-refractivity contribution in [1.82, 2.24) is 10.2 Å². The minimum absolute atomic E-state index is 0.160. The van der Waals surface area contributed by atoms with Gasteiger partial charge in [0.05, 0.1) is 18.8 Å². The number of nitrogens with zero attached hydrogens (tertiary/aromatic N) is 2. The molecule has 0 atom stereocenters. The topological polar surface area (TPSA) is 73.9 Å². The molecule has 8 heteroatoms. The highest BCUT2D eigenvalue weighted by atomic mass is 19.1. The summed E-state index contributed by atoms with van der Waals surface area (Å²) in [5.41, 5.74) is 3.66. The zero-order valence-corrected chi connectivity index (χ0v) is 22.8. The first kappa shape index (κ1) is 27.8. The first-order valence-electron chi connectivity index (χ1n) is 14.1. The van der Waals surface area contributed by atoms with Crippen LogP contribution in [-0.2, 0) is 11.2 Å². The van der Waals surface area contributed by atoms with E-state index in [1.807, 2.05) is 18.2 Å². The molecule has 210 valence electrons. The molecule has 0 radical (unpaired) electrons. The van der Waals surface area contributed by atoms with E-state index in [4.69, 9.17) is 4.74 Å². The second kappa shape index (κ2) is 13.5. The molecule has 3 aromatic rings. The van der Waals surface area contributed by atoms with Crippen molar-refractivity contribution in [1.29, 1.82) is 0 Å². The van der Waals surface area contributed by atoms with E-state index < -0.39 is 5.82 Å². The van der Waals surface area contributed by atoms with Crippen LogP contribution < -0.4 is 15.5 Å². The number of carbonyl (C=O) groups excluding carboxylic acids is 2. The van der Waals surface area contributed by atoms with E-state index in [9.17, 15) is 14.0 Å². The molecule has 5 rings (SSSR count). The quantitative estimate of drug-likeness (QED) is 0.412. The van der Waals surface area contributed by atoms with Crippen LogP contribution in [0.25, 0.3) is 0 Å². The first-order chi connectivity index (χ1) is 19.5. The Bertz CT molecular complexity index is 1270. The monoisotopic (exact) mass is 544 g/mol. The SMILES string of the molecule is O=C(Nc1ccc(N2CCC(Cc3ccccc3)CC2)c(C(=O)NCCN2CCOCC2)c1)c1ccc(F)cc1. The van der Waals surface area contributed by atoms with Crippen LogP contribution in [0, 0.1) is 11.7 Å². The highest BCUT2D eigenvalue weighted by molar-refractivity contribution is 6.06. The summed E-state index contributed by atoms with van der Waals surface area (Å²) in [6, 6.07) is 21.5. The third-order valence-electron chi connectivity index (χ3n) is 7.75. The lowest BCUT2D eigenvalue weighted by molar-refractivity contribution is 0.0383. The molecule has 2 aliphatic heterocycles. The van der Waals surface area contributed by atoms with Gasteiger partial charge in [-0.1, -0.05) is 30.3 Å². The number of benzene rings is 3. The van der Waals surface area contributed by atoms with E-state index in [1.54, 1.807) is 6.07 Å². The van der Waals surface area contributed by atoms with E-state index in [-0.39, 0.29) is 11.8 Å². The van der Waals surface area contributed by atoms with Crippen molar-refractivity contribution in [2.45, 2.75) is 19.3 Å². The largest absolute Gasteiger partial charge is 0.379 e. The Hall–Kier alpha value is -3.75. The minimum Gasteiger partial charge on any atom is -0.379 e. The van der Waals surface area contributed by atoms with Gasteiger partial charge in [0, 0.05) is 56.2 Å². The van der Waals surface area contributed by atoms with Gasteiger partial charge in [0.1, 0.15) is 5.82 Å². The molecule has 3 aromatic carbocycles. The van der Waals surface area contributed by atoms with Crippen LogP contribution >= 0.6 is 0 Å². The molecule has 0 spiro atoms. The molecule has 0 aromatic heterocycles. The first-order valence-corrected chi connectivity index (χ1v) is 14.1. The summed E-state index contributed by atoms with van der Waals surface area (Å²) in [6.07, 6.45) is 3.17. The number of ether oxygens (including phenoxy) is 1. The maximum Gasteiger partial charge on any atom is 0.255 e. The Kier molecular flexibility index (Phi) is 9.42. The van der Waals surface area contributed by atoms with Crippen molar-refractivity contribution >= 4 is 23.2 Å². The summed E-state index contributed by atoms with van der Waals surface area (Å²) >= 11 is 0. The lowest BCUT2D eigenvalue weighted by Crippen LogP contribution is -2.41. The zero-order chi connectivity index (χ0) is 27.7. The van der Waals surface area contributed by atoms with Gasteiger partial charge in [-0.3, -0.25) is 14.5 Å². The Morgan fingerprint density at radius 2 is 1.60 bits per heavy atom. The normalized spacial score (nSPS) is 16.5. The molecule has 0 unspecified atom stereocenters. The van der Waals surface area contributed by atoms with Gasteiger partial charge in [0.2, 0.25) is 0 Å². The number of carbonyl (C=O) groups is 2. The average Bonchev–Trinajstić information content (AvgIpc) is 2.99. The summed E-state index contributed by atoms with van der Waals surface area (Å²) < 4.78 is 18.7. The van der Waals surface area contributed by atoms with Crippen LogP contribution in [0.2, 0.25) is 0 Å². The predicted octanol–water partition coefficient (Wildman–Crippen LogP) is 4.60. The molecule has 2 saturated heterocycles. The molecule has 0 bridgehead atoms. The summed E-state index contributed by atoms with van der Waals surface area (Å²) in [6.45, 7) is 6.19. The number of nitrogens with one attached hydrogen (secondary N) is 2. The van der Waals surface area contributed by atoms with Gasteiger partial charge < -0.3 is 20.3 Å². The van der Waals surface area contributed by atoms with Gasteiger partial charge in [-0.15, -0.1) is 0 Å². The van der Waals surface area contributed by atoms with Crippen molar-refractivity contribution in [3.63, 3.8) is 0 Å². The Balaban J connectivity index is 1.28. The third-order valence-corrected chi connectivity index (χ3v) is 7.75. The Morgan fingerprint density at radius 1 is 0.875 bits per heavy atom. The van der Waals surface area contributed by atoms with E-state index in [2.05, 4.69) is 44.7 Å². The van der Waals surface area contributed by atoms with Crippen molar-refractivity contribution in [3.8, 4) is 0 Å². The maximum atomic E-state index is 13.5. The van der Waals surface area contributed by atoms with Gasteiger partial charge in [0.25, 0.3) is 11.8 Å². The van der Waals surface area contributed by atoms with Crippen LogP contribution in [0.5, 0.6) is 0 Å². The Morgan fingerprint density at radius 3 is 2.33 bits per heavy atom. The third kappa shape index (κ3) is 7.46. The number of halogens is 1. The molecule has 0 aliphatic carbocycles. The standard InChI is InChI=1S/C32H37FN4O3/c33-27-8-6-26(7-9-27)31(38)35-28-10-11-30(29(23-28)32(39)34-14-17-36-18-20-40-21-19-36)37-15-12-25(13-16-37)22-24-4-2-1-3-5-24/h1-11,23,25H,12-22H2,(H,34,39)(H,35,38). The second-order valence-corrected chi connectivity index (χ2v) is 10.5. The summed E-state index contributed by atoms with van der Waals surface area (Å²) in [5.74, 6) is -0.302. The van der Waals surface area contributed by atoms with Gasteiger partial charge in [-0.25, -0.2) is 4.39 Å². The molecule has 0 saturated carbocycles. The zero-order valence-electron chi connectivity index (χ0n) is 22.8. The molecule has 2 amide bonds. The smallest absolute Gasteiger partial charge is 0.255 e. The van der Waals surface area contributed by atoms with Crippen molar-refractivity contribution < 1.29 is 18.7 Å². The van der Waals surface area contributed by atoms with Crippen LogP contribution in [0.15, 0.2) is 72.8 Å². The molecular formula is C32H37FN4O3. The summed E-state index contributed by atoms with van der Waals surface area (Å²) in [5, 5.41) is 5.95. The van der Waals surface area contributed by atoms with E-state index >= 15 is 0 Å². The lowest BCUT2D eigenvalue weighted by Gasteiger charge is -2.35. The molecule has 40 heavy (non-hydrogen) atoms. The van der Waals surface area contributed by atoms with Crippen molar-refractivity contribution in [2.24, 2.45) is 5.92 Å². The second-order valence-electron chi connectivity index (χ2n) is 10.5. The molecular weight excluding hydrogens is 507 g/mol. The van der Waals surface area contributed by atoms with Gasteiger partial charge in [-0.2, -0.15) is 0 Å².